The molecule has 2 aliphatic rings. The molecule has 1 saturated carbocycles. The highest BCUT2D eigenvalue weighted by Gasteiger charge is 2.38. The second-order valence-corrected chi connectivity index (χ2v) is 6.96. The molecule has 1 aliphatic carbocycles. The van der Waals surface area contributed by atoms with Crippen LogP contribution in [0.5, 0.6) is 11.5 Å². The number of amides is 1. The van der Waals surface area contributed by atoms with Crippen molar-refractivity contribution in [3.8, 4) is 11.5 Å². The topological polar surface area (TPSA) is 81.9 Å². The Balaban J connectivity index is 1.99. The molecule has 0 bridgehead atoms. The van der Waals surface area contributed by atoms with Crippen LogP contribution in [-0.2, 0) is 0 Å². The predicted molar refractivity (Wildman–Crippen MR) is 96.8 cm³/mol. The van der Waals surface area contributed by atoms with Crippen molar-refractivity contribution in [2.45, 2.75) is 51.5 Å². The molecule has 7 nitrogen and oxygen atoms in total. The number of fused-ring (bicyclic) bond motifs is 1. The molecule has 0 radical (unpaired) electrons. The van der Waals surface area contributed by atoms with Crippen LogP contribution in [0, 0.1) is 16.0 Å². The van der Waals surface area contributed by atoms with Crippen LogP contribution in [0.25, 0.3) is 0 Å². The highest BCUT2D eigenvalue weighted by Crippen LogP contribution is 2.39. The summed E-state index contributed by atoms with van der Waals surface area (Å²) >= 11 is 0. The maximum absolute atomic E-state index is 13.3. The zero-order valence-corrected chi connectivity index (χ0v) is 15.4. The lowest BCUT2D eigenvalue weighted by Gasteiger charge is -2.44. The van der Waals surface area contributed by atoms with Gasteiger partial charge in [0.15, 0.2) is 11.5 Å². The van der Waals surface area contributed by atoms with Gasteiger partial charge in [0.2, 0.25) is 0 Å². The van der Waals surface area contributed by atoms with Gasteiger partial charge in [0.1, 0.15) is 5.56 Å². The van der Waals surface area contributed by atoms with Crippen LogP contribution in [0.15, 0.2) is 12.1 Å². The van der Waals surface area contributed by atoms with Crippen LogP contribution < -0.4 is 9.47 Å². The number of hydrogen-bond acceptors (Lipinski definition) is 5. The van der Waals surface area contributed by atoms with E-state index in [-0.39, 0.29) is 28.9 Å². The molecule has 1 aliphatic heterocycles. The number of ether oxygens (including phenoxy) is 2. The van der Waals surface area contributed by atoms with Gasteiger partial charge in [0, 0.05) is 18.7 Å². The number of hydrogen-bond donors (Lipinski definition) is 0. The molecule has 0 spiro atoms. The molecule has 1 saturated heterocycles. The van der Waals surface area contributed by atoms with Crippen molar-refractivity contribution in [2.75, 3.05) is 20.3 Å². The molecule has 1 amide bonds. The van der Waals surface area contributed by atoms with Crippen LogP contribution in [0.4, 0.5) is 5.69 Å². The summed E-state index contributed by atoms with van der Waals surface area (Å²) in [5.41, 5.74) is -0.140. The van der Waals surface area contributed by atoms with E-state index < -0.39 is 4.92 Å². The average Bonchev–Trinajstić information content (AvgIpc) is 2.66. The van der Waals surface area contributed by atoms with E-state index in [1.54, 1.807) is 0 Å². The fourth-order valence-electron chi connectivity index (χ4n) is 4.33. The Hall–Kier alpha value is -2.31. The minimum absolute atomic E-state index is 0.0884. The van der Waals surface area contributed by atoms with Gasteiger partial charge < -0.3 is 14.4 Å². The molecule has 26 heavy (non-hydrogen) atoms. The number of nitro benzene ring substituents is 1. The summed E-state index contributed by atoms with van der Waals surface area (Å²) in [5.74, 6) is 0.882. The molecule has 1 aromatic rings. The third kappa shape index (κ3) is 3.48. The number of nitro groups is 1. The Labute approximate surface area is 153 Å². The minimum atomic E-state index is -0.520. The average molecular weight is 362 g/mol. The summed E-state index contributed by atoms with van der Waals surface area (Å²) in [7, 11) is 1.43. The molecule has 142 valence electrons. The van der Waals surface area contributed by atoms with E-state index in [1.165, 1.54) is 25.7 Å². The van der Waals surface area contributed by atoms with Crippen molar-refractivity contribution >= 4 is 11.6 Å². The zero-order chi connectivity index (χ0) is 18.7. The highest BCUT2D eigenvalue weighted by molar-refractivity contribution is 5.99. The van der Waals surface area contributed by atoms with Gasteiger partial charge in [-0.15, -0.1) is 0 Å². The number of nitrogens with zero attached hydrogens (tertiary/aromatic N) is 2. The molecule has 3 rings (SSSR count). The lowest BCUT2D eigenvalue weighted by atomic mass is 9.78. The van der Waals surface area contributed by atoms with Gasteiger partial charge in [0.25, 0.3) is 11.6 Å². The van der Waals surface area contributed by atoms with Crippen molar-refractivity contribution in [1.29, 1.82) is 0 Å². The fourth-order valence-corrected chi connectivity index (χ4v) is 4.33. The van der Waals surface area contributed by atoms with Gasteiger partial charge in [0.05, 0.1) is 24.7 Å². The van der Waals surface area contributed by atoms with Crippen molar-refractivity contribution in [3.63, 3.8) is 0 Å². The number of likely N-dealkylation sites (tertiary alicyclic amines) is 1. The molecule has 2 fully saturated rings. The zero-order valence-electron chi connectivity index (χ0n) is 15.4. The number of carbonyl (C=O) groups is 1. The Morgan fingerprint density at radius 1 is 1.23 bits per heavy atom. The minimum Gasteiger partial charge on any atom is -0.493 e. The molecule has 0 N–H and O–H groups in total. The molecular formula is C19H26N2O5. The second kappa shape index (κ2) is 7.93. The van der Waals surface area contributed by atoms with E-state index in [0.717, 1.165) is 32.1 Å². The first kappa shape index (κ1) is 18.5. The van der Waals surface area contributed by atoms with Gasteiger partial charge >= 0.3 is 0 Å². The second-order valence-electron chi connectivity index (χ2n) is 6.96. The molecule has 2 unspecified atom stereocenters. The van der Waals surface area contributed by atoms with Gasteiger partial charge in [-0.2, -0.15) is 0 Å². The maximum atomic E-state index is 13.3. The number of rotatable bonds is 5. The summed E-state index contributed by atoms with van der Waals surface area (Å²) in [4.78, 5) is 26.2. The standard InChI is InChI=1S/C19H26N2O5/c1-3-26-18-11-14(16(21(23)24)12-17(18)25-2)19(22)20-10-6-8-13-7-4-5-9-15(13)20/h11-13,15H,3-10H2,1-2H3. The van der Waals surface area contributed by atoms with Crippen LogP contribution in [0.1, 0.15) is 55.8 Å². The Kier molecular flexibility index (Phi) is 5.64. The first-order valence-electron chi connectivity index (χ1n) is 9.37. The van der Waals surface area contributed by atoms with E-state index in [1.807, 2.05) is 11.8 Å². The molecule has 0 aromatic heterocycles. The molecule has 1 heterocycles. The molecular weight excluding hydrogens is 336 g/mol. The molecule has 1 aromatic carbocycles. The third-order valence-corrected chi connectivity index (χ3v) is 5.51. The highest BCUT2D eigenvalue weighted by atomic mass is 16.6. The summed E-state index contributed by atoms with van der Waals surface area (Å²) in [6, 6.07) is 2.96. The third-order valence-electron chi connectivity index (χ3n) is 5.51. The SMILES string of the molecule is CCOc1cc(C(=O)N2CCCC3CCCCC32)c([N+](=O)[O-])cc1OC. The van der Waals surface area contributed by atoms with Crippen LogP contribution in [0.2, 0.25) is 0 Å². The van der Waals surface area contributed by atoms with E-state index in [4.69, 9.17) is 9.47 Å². The first-order valence-corrected chi connectivity index (χ1v) is 9.37. The maximum Gasteiger partial charge on any atom is 0.286 e. The summed E-state index contributed by atoms with van der Waals surface area (Å²) < 4.78 is 10.7. The van der Waals surface area contributed by atoms with E-state index in [0.29, 0.717) is 24.8 Å². The normalized spacial score (nSPS) is 22.5. The molecule has 2 atom stereocenters. The van der Waals surface area contributed by atoms with Crippen molar-refractivity contribution in [1.82, 2.24) is 4.90 Å². The Bertz CT molecular complexity index is 689. The van der Waals surface area contributed by atoms with Gasteiger partial charge in [-0.1, -0.05) is 12.8 Å². The smallest absolute Gasteiger partial charge is 0.286 e. The van der Waals surface area contributed by atoms with Gasteiger partial charge in [-0.3, -0.25) is 14.9 Å². The summed E-state index contributed by atoms with van der Waals surface area (Å²) in [6.07, 6.45) is 6.54. The van der Waals surface area contributed by atoms with E-state index >= 15 is 0 Å². The number of carbonyl (C=O) groups excluding carboxylic acids is 1. The van der Waals surface area contributed by atoms with E-state index in [2.05, 4.69) is 0 Å². The van der Waals surface area contributed by atoms with Crippen molar-refractivity contribution in [3.05, 3.63) is 27.8 Å². The lowest BCUT2D eigenvalue weighted by Crippen LogP contribution is -2.49. The Morgan fingerprint density at radius 2 is 1.96 bits per heavy atom. The van der Waals surface area contributed by atoms with Gasteiger partial charge in [-0.25, -0.2) is 0 Å². The quantitative estimate of drug-likeness (QED) is 0.588. The van der Waals surface area contributed by atoms with Crippen LogP contribution in [-0.4, -0.2) is 42.0 Å². The molecule has 7 heteroatoms. The number of benzene rings is 1. The van der Waals surface area contributed by atoms with Crippen molar-refractivity contribution in [2.24, 2.45) is 5.92 Å². The summed E-state index contributed by atoms with van der Waals surface area (Å²) in [6.45, 7) is 2.86. The Morgan fingerprint density at radius 3 is 2.65 bits per heavy atom. The lowest BCUT2D eigenvalue weighted by molar-refractivity contribution is -0.385. The fraction of sp³-hybridized carbons (Fsp3) is 0.632. The van der Waals surface area contributed by atoms with Crippen LogP contribution in [0.3, 0.4) is 0 Å². The van der Waals surface area contributed by atoms with Crippen LogP contribution >= 0.6 is 0 Å². The predicted octanol–water partition coefficient (Wildman–Crippen LogP) is 3.80. The van der Waals surface area contributed by atoms with Gasteiger partial charge in [-0.05, 0) is 38.5 Å². The monoisotopic (exact) mass is 362 g/mol. The summed E-state index contributed by atoms with van der Waals surface area (Å²) in [5, 5.41) is 11.6. The number of piperidine rings is 1. The van der Waals surface area contributed by atoms with Crippen molar-refractivity contribution < 1.29 is 19.2 Å². The first-order chi connectivity index (χ1) is 12.6. The number of methoxy groups -OCH3 is 1. The largest absolute Gasteiger partial charge is 0.493 e. The van der Waals surface area contributed by atoms with E-state index in [9.17, 15) is 14.9 Å².